The van der Waals surface area contributed by atoms with E-state index in [1.807, 2.05) is 30.3 Å². The zero-order valence-electron chi connectivity index (χ0n) is 17.1. The van der Waals surface area contributed by atoms with Gasteiger partial charge in [0.2, 0.25) is 11.8 Å². The zero-order valence-corrected chi connectivity index (χ0v) is 18.6. The van der Waals surface area contributed by atoms with Crippen molar-refractivity contribution in [2.45, 2.75) is 18.9 Å². The molecule has 1 fully saturated rings. The average molecular weight is 489 g/mol. The van der Waals surface area contributed by atoms with E-state index in [0.717, 1.165) is 10.2 Å². The number of hydrogen-bond donors (Lipinski definition) is 2. The van der Waals surface area contributed by atoms with Gasteiger partial charge in [-0.15, -0.1) is 0 Å². The summed E-state index contributed by atoms with van der Waals surface area (Å²) < 4.78 is 12.4. The van der Waals surface area contributed by atoms with Crippen LogP contribution in [0.15, 0.2) is 47.1 Å². The number of rotatable bonds is 6. The summed E-state index contributed by atoms with van der Waals surface area (Å²) >= 11 is 3.33. The van der Waals surface area contributed by atoms with Crippen molar-refractivity contribution in [1.82, 2.24) is 15.2 Å². The molecule has 0 aliphatic carbocycles. The number of fused-ring (bicyclic) bond motifs is 1. The fourth-order valence-corrected chi connectivity index (χ4v) is 3.92. The molecule has 1 aromatic heterocycles. The zero-order chi connectivity index (χ0) is 21.6. The highest BCUT2D eigenvalue weighted by atomic mass is 79.9. The summed E-state index contributed by atoms with van der Waals surface area (Å²) in [5.41, 5.74) is 0. The first-order valence-electron chi connectivity index (χ1n) is 10.4. The van der Waals surface area contributed by atoms with E-state index in [4.69, 9.17) is 9.47 Å². The Hall–Kier alpha value is -2.65. The Labute approximate surface area is 189 Å². The Morgan fingerprint density at radius 2 is 1.90 bits per heavy atom. The number of carbonyl (C=O) groups is 2. The maximum absolute atomic E-state index is 12.5. The molecule has 2 aliphatic rings. The van der Waals surface area contributed by atoms with Crippen molar-refractivity contribution in [3.63, 3.8) is 0 Å². The number of likely N-dealkylation sites (tertiary alicyclic amines) is 1. The summed E-state index contributed by atoms with van der Waals surface area (Å²) in [6, 6.07) is 11.1. The van der Waals surface area contributed by atoms with Crippen LogP contribution in [0.4, 0.5) is 5.82 Å². The van der Waals surface area contributed by atoms with Crippen LogP contribution in [0.3, 0.4) is 0 Å². The molecule has 0 radical (unpaired) electrons. The lowest BCUT2D eigenvalue weighted by molar-refractivity contribution is -0.123. The van der Waals surface area contributed by atoms with Crippen molar-refractivity contribution in [2.24, 2.45) is 5.92 Å². The fraction of sp³-hybridized carbons (Fsp3) is 0.409. The largest absolute Gasteiger partial charge is 0.486 e. The third kappa shape index (κ3) is 5.95. The summed E-state index contributed by atoms with van der Waals surface area (Å²) in [7, 11) is 0. The number of para-hydroxylation sites is 2. The number of nitrogens with one attached hydrogen (secondary N) is 2. The van der Waals surface area contributed by atoms with Gasteiger partial charge in [0.05, 0.1) is 13.1 Å². The second-order valence-corrected chi connectivity index (χ2v) is 8.62. The number of aromatic nitrogens is 1. The maximum Gasteiger partial charge on any atom is 0.234 e. The molecule has 2 amide bonds. The van der Waals surface area contributed by atoms with Gasteiger partial charge in [-0.25, -0.2) is 4.98 Å². The number of nitrogens with zero attached hydrogens (tertiary/aromatic N) is 2. The van der Waals surface area contributed by atoms with Crippen LogP contribution in [-0.2, 0) is 9.59 Å². The van der Waals surface area contributed by atoms with E-state index < -0.39 is 0 Å². The number of hydrogen-bond acceptors (Lipinski definition) is 6. The predicted molar refractivity (Wildman–Crippen MR) is 119 cm³/mol. The van der Waals surface area contributed by atoms with Gasteiger partial charge in [-0.05, 0) is 66.1 Å². The number of amides is 2. The number of benzene rings is 1. The van der Waals surface area contributed by atoms with E-state index in [1.165, 1.54) is 0 Å². The average Bonchev–Trinajstić information content (AvgIpc) is 2.79. The molecule has 31 heavy (non-hydrogen) atoms. The molecule has 1 saturated heterocycles. The standard InChI is InChI=1S/C22H25BrN4O4/c23-16-5-6-20(24-11-16)26-22(29)15-7-9-27(10-8-15)13-21(28)25-12-17-14-30-18-3-1-2-4-19(18)31-17/h1-6,11,15,17H,7-10,12-14H2,(H,25,28)(H,24,26,29). The normalized spacial score (nSPS) is 18.9. The number of pyridine rings is 1. The molecule has 0 spiro atoms. The van der Waals surface area contributed by atoms with Gasteiger partial charge in [-0.3, -0.25) is 14.5 Å². The summed E-state index contributed by atoms with van der Waals surface area (Å²) in [5.74, 6) is 1.84. The van der Waals surface area contributed by atoms with Crippen molar-refractivity contribution >= 4 is 33.6 Å². The van der Waals surface area contributed by atoms with Gasteiger partial charge in [0.15, 0.2) is 11.5 Å². The molecule has 2 N–H and O–H groups in total. The second kappa shape index (κ2) is 10.1. The topological polar surface area (TPSA) is 92.8 Å². The second-order valence-electron chi connectivity index (χ2n) is 7.70. The number of piperidine rings is 1. The van der Waals surface area contributed by atoms with E-state index in [-0.39, 0.29) is 23.8 Å². The molecule has 2 aromatic rings. The molecule has 8 nitrogen and oxygen atoms in total. The molecule has 1 aromatic carbocycles. The Morgan fingerprint density at radius 1 is 1.13 bits per heavy atom. The van der Waals surface area contributed by atoms with Crippen molar-refractivity contribution in [3.05, 3.63) is 47.1 Å². The fourth-order valence-electron chi connectivity index (χ4n) is 3.68. The quantitative estimate of drug-likeness (QED) is 0.648. The van der Waals surface area contributed by atoms with Gasteiger partial charge in [0, 0.05) is 16.6 Å². The lowest BCUT2D eigenvalue weighted by atomic mass is 9.96. The van der Waals surface area contributed by atoms with Crippen LogP contribution in [0.5, 0.6) is 11.5 Å². The molecule has 1 unspecified atom stereocenters. The third-order valence-corrected chi connectivity index (χ3v) is 5.87. The van der Waals surface area contributed by atoms with Crippen molar-refractivity contribution in [3.8, 4) is 11.5 Å². The first-order valence-corrected chi connectivity index (χ1v) is 11.2. The first kappa shape index (κ1) is 21.6. The molecule has 3 heterocycles. The van der Waals surface area contributed by atoms with Gasteiger partial charge < -0.3 is 20.1 Å². The summed E-state index contributed by atoms with van der Waals surface area (Å²) in [4.78, 5) is 31.1. The molecule has 4 rings (SSSR count). The number of halogens is 1. The van der Waals surface area contributed by atoms with Gasteiger partial charge in [0.1, 0.15) is 18.5 Å². The van der Waals surface area contributed by atoms with Crippen LogP contribution in [0.2, 0.25) is 0 Å². The van der Waals surface area contributed by atoms with Crippen LogP contribution in [0, 0.1) is 5.92 Å². The van der Waals surface area contributed by atoms with Gasteiger partial charge in [0.25, 0.3) is 0 Å². The SMILES string of the molecule is O=C(CN1CCC(C(=O)Nc2ccc(Br)cn2)CC1)NCC1COc2ccccc2O1. The molecular weight excluding hydrogens is 464 g/mol. The van der Waals surface area contributed by atoms with Gasteiger partial charge in [-0.1, -0.05) is 12.1 Å². The van der Waals surface area contributed by atoms with Crippen LogP contribution < -0.4 is 20.1 Å². The summed E-state index contributed by atoms with van der Waals surface area (Å²) in [5, 5.41) is 5.79. The van der Waals surface area contributed by atoms with Crippen LogP contribution in [0.25, 0.3) is 0 Å². The van der Waals surface area contributed by atoms with Crippen molar-refractivity contribution < 1.29 is 19.1 Å². The van der Waals surface area contributed by atoms with Gasteiger partial charge >= 0.3 is 0 Å². The highest BCUT2D eigenvalue weighted by Crippen LogP contribution is 2.30. The number of anilines is 1. The van der Waals surface area contributed by atoms with Crippen LogP contribution in [0.1, 0.15) is 12.8 Å². The first-order chi connectivity index (χ1) is 15.1. The highest BCUT2D eigenvalue weighted by Gasteiger charge is 2.27. The molecule has 0 saturated carbocycles. The minimum absolute atomic E-state index is 0.0198. The van der Waals surface area contributed by atoms with Crippen molar-refractivity contribution in [2.75, 3.05) is 38.1 Å². The van der Waals surface area contributed by atoms with Crippen molar-refractivity contribution in [1.29, 1.82) is 0 Å². The Balaban J connectivity index is 1.15. The smallest absolute Gasteiger partial charge is 0.234 e. The molecule has 2 aliphatic heterocycles. The molecule has 164 valence electrons. The Morgan fingerprint density at radius 3 is 2.65 bits per heavy atom. The lowest BCUT2D eigenvalue weighted by Gasteiger charge is -2.31. The number of carbonyl (C=O) groups excluding carboxylic acids is 2. The monoisotopic (exact) mass is 488 g/mol. The van der Waals surface area contributed by atoms with Crippen LogP contribution in [-0.4, -0.2) is 60.6 Å². The summed E-state index contributed by atoms with van der Waals surface area (Å²) in [6.45, 7) is 2.52. The Kier molecular flexibility index (Phi) is 7.03. The lowest BCUT2D eigenvalue weighted by Crippen LogP contribution is -2.46. The van der Waals surface area contributed by atoms with E-state index in [1.54, 1.807) is 12.3 Å². The summed E-state index contributed by atoms with van der Waals surface area (Å²) in [6.07, 6.45) is 2.87. The molecular formula is C22H25BrN4O4. The van der Waals surface area contributed by atoms with E-state index in [2.05, 4.69) is 36.4 Å². The minimum Gasteiger partial charge on any atom is -0.486 e. The van der Waals surface area contributed by atoms with E-state index in [9.17, 15) is 9.59 Å². The van der Waals surface area contributed by atoms with E-state index >= 15 is 0 Å². The minimum atomic E-state index is -0.208. The third-order valence-electron chi connectivity index (χ3n) is 5.40. The Bertz CT molecular complexity index is 916. The molecule has 9 heteroatoms. The van der Waals surface area contributed by atoms with Crippen LogP contribution >= 0.6 is 15.9 Å². The highest BCUT2D eigenvalue weighted by molar-refractivity contribution is 9.10. The van der Waals surface area contributed by atoms with E-state index in [0.29, 0.717) is 57.2 Å². The number of ether oxygens (including phenoxy) is 2. The molecule has 1 atom stereocenters. The molecule has 0 bridgehead atoms. The maximum atomic E-state index is 12.5. The predicted octanol–water partition coefficient (Wildman–Crippen LogP) is 2.45. The van der Waals surface area contributed by atoms with Gasteiger partial charge in [-0.2, -0.15) is 0 Å².